The normalized spacial score (nSPS) is 10.8. The average molecular weight is 433 g/mol. The molecule has 0 atom stereocenters. The average Bonchev–Trinajstić information content (AvgIpc) is 3.18. The first-order valence-corrected chi connectivity index (χ1v) is 9.82. The number of fused-ring (bicyclic) bond motifs is 1. The molecule has 6 nitrogen and oxygen atoms in total. The Bertz CT molecular complexity index is 1310. The molecular weight excluding hydrogens is 413 g/mol. The van der Waals surface area contributed by atoms with Crippen LogP contribution in [0.3, 0.4) is 0 Å². The van der Waals surface area contributed by atoms with Crippen LogP contribution in [-0.4, -0.2) is 25.8 Å². The predicted octanol–water partition coefficient (Wildman–Crippen LogP) is 5.60. The number of Topliss-reactive ketones (excluding diaryl/α,β-unsaturated/α-hetero) is 1. The summed E-state index contributed by atoms with van der Waals surface area (Å²) in [5.74, 6) is 0.912. The smallest absolute Gasteiger partial charge is 0.255 e. The fourth-order valence-electron chi connectivity index (χ4n) is 3.43. The van der Waals surface area contributed by atoms with Crippen molar-refractivity contribution in [3.05, 3.63) is 77.6 Å². The minimum Gasteiger partial charge on any atom is -0.496 e. The van der Waals surface area contributed by atoms with E-state index in [-0.39, 0.29) is 17.5 Å². The van der Waals surface area contributed by atoms with E-state index in [1.807, 2.05) is 0 Å². The molecule has 0 aliphatic heterocycles. The minimum absolute atomic E-state index is 0.175. The molecule has 0 aliphatic rings. The highest BCUT2D eigenvalue weighted by atomic mass is 19.1. The molecular formula is C25H20FNO5. The summed E-state index contributed by atoms with van der Waals surface area (Å²) in [6, 6.07) is 15.9. The summed E-state index contributed by atoms with van der Waals surface area (Å²) in [6.45, 7) is 1.44. The van der Waals surface area contributed by atoms with Crippen LogP contribution >= 0.6 is 0 Å². The van der Waals surface area contributed by atoms with Gasteiger partial charge in [-0.1, -0.05) is 0 Å². The van der Waals surface area contributed by atoms with Gasteiger partial charge in [0, 0.05) is 18.0 Å². The lowest BCUT2D eigenvalue weighted by atomic mass is 10.0. The van der Waals surface area contributed by atoms with Crippen LogP contribution in [0.1, 0.15) is 27.6 Å². The molecule has 7 heteroatoms. The number of hydrogen-bond donors (Lipinski definition) is 1. The molecule has 1 heterocycles. The van der Waals surface area contributed by atoms with Gasteiger partial charge in [0.1, 0.15) is 34.4 Å². The topological polar surface area (TPSA) is 77.8 Å². The van der Waals surface area contributed by atoms with Gasteiger partial charge in [-0.15, -0.1) is 0 Å². The highest BCUT2D eigenvalue weighted by molar-refractivity contribution is 6.13. The lowest BCUT2D eigenvalue weighted by Gasteiger charge is -2.07. The standard InChI is InChI=1S/C25H20FNO5/c1-14(28)19-12-22-20(13-21(19)30-3)23(25(29)27-2)24(32-22)15-4-8-17(9-5-15)31-18-10-6-16(26)7-11-18/h4-13H,1-3H3,(H,27,29). The number of furan rings is 1. The maximum Gasteiger partial charge on any atom is 0.255 e. The molecule has 1 N–H and O–H groups in total. The molecule has 0 fully saturated rings. The van der Waals surface area contributed by atoms with Crippen LogP contribution in [-0.2, 0) is 0 Å². The first kappa shape index (κ1) is 21.1. The van der Waals surface area contributed by atoms with Gasteiger partial charge in [0.25, 0.3) is 5.91 Å². The summed E-state index contributed by atoms with van der Waals surface area (Å²) in [6.07, 6.45) is 0. The third kappa shape index (κ3) is 3.92. The second-order valence-corrected chi connectivity index (χ2v) is 7.07. The molecule has 162 valence electrons. The number of halogens is 1. The van der Waals surface area contributed by atoms with Crippen molar-refractivity contribution in [1.82, 2.24) is 5.32 Å². The third-order valence-corrected chi connectivity index (χ3v) is 5.01. The number of hydrogen-bond acceptors (Lipinski definition) is 5. The van der Waals surface area contributed by atoms with E-state index in [9.17, 15) is 14.0 Å². The summed E-state index contributed by atoms with van der Waals surface area (Å²) in [4.78, 5) is 24.7. The first-order chi connectivity index (χ1) is 15.4. The number of benzene rings is 3. The van der Waals surface area contributed by atoms with Crippen LogP contribution < -0.4 is 14.8 Å². The second-order valence-electron chi connectivity index (χ2n) is 7.07. The van der Waals surface area contributed by atoms with Gasteiger partial charge < -0.3 is 19.2 Å². The maximum absolute atomic E-state index is 13.1. The first-order valence-electron chi connectivity index (χ1n) is 9.82. The van der Waals surface area contributed by atoms with Crippen molar-refractivity contribution in [1.29, 1.82) is 0 Å². The Morgan fingerprint density at radius 2 is 1.59 bits per heavy atom. The van der Waals surface area contributed by atoms with E-state index in [1.165, 1.54) is 45.3 Å². The summed E-state index contributed by atoms with van der Waals surface area (Å²) >= 11 is 0. The van der Waals surface area contributed by atoms with Crippen molar-refractivity contribution < 1.29 is 27.9 Å². The number of ketones is 1. The van der Waals surface area contributed by atoms with Crippen molar-refractivity contribution in [2.45, 2.75) is 6.92 Å². The Kier molecular flexibility index (Phi) is 5.64. The van der Waals surface area contributed by atoms with Crippen molar-refractivity contribution in [3.63, 3.8) is 0 Å². The van der Waals surface area contributed by atoms with E-state index in [2.05, 4.69) is 5.32 Å². The number of carbonyl (C=O) groups excluding carboxylic acids is 2. The maximum atomic E-state index is 13.1. The van der Waals surface area contributed by atoms with Gasteiger partial charge in [-0.25, -0.2) is 4.39 Å². The Balaban J connectivity index is 1.78. The molecule has 0 radical (unpaired) electrons. The predicted molar refractivity (Wildman–Crippen MR) is 118 cm³/mol. The van der Waals surface area contributed by atoms with E-state index in [1.54, 1.807) is 36.4 Å². The zero-order valence-corrected chi connectivity index (χ0v) is 17.7. The molecule has 1 amide bonds. The Morgan fingerprint density at radius 3 is 2.16 bits per heavy atom. The Morgan fingerprint density at radius 1 is 0.969 bits per heavy atom. The number of methoxy groups -OCH3 is 1. The summed E-state index contributed by atoms with van der Waals surface area (Å²) < 4.78 is 30.2. The van der Waals surface area contributed by atoms with Gasteiger partial charge >= 0.3 is 0 Å². The molecule has 0 saturated carbocycles. The largest absolute Gasteiger partial charge is 0.496 e. The van der Waals surface area contributed by atoms with Gasteiger partial charge in [0.05, 0.1) is 18.2 Å². The SMILES string of the molecule is CNC(=O)c1c(-c2ccc(Oc3ccc(F)cc3)cc2)oc2cc(C(C)=O)c(OC)cc12. The molecule has 0 unspecified atom stereocenters. The zero-order valence-electron chi connectivity index (χ0n) is 17.7. The molecule has 1 aromatic heterocycles. The Hall–Kier alpha value is -4.13. The monoisotopic (exact) mass is 433 g/mol. The Labute approximate surface area is 183 Å². The van der Waals surface area contributed by atoms with Gasteiger partial charge in [0.15, 0.2) is 5.78 Å². The number of amides is 1. The number of rotatable bonds is 6. The van der Waals surface area contributed by atoms with Gasteiger partial charge in [0.2, 0.25) is 0 Å². The fraction of sp³-hybridized carbons (Fsp3) is 0.120. The van der Waals surface area contributed by atoms with Crippen molar-refractivity contribution in [2.75, 3.05) is 14.2 Å². The summed E-state index contributed by atoms with van der Waals surface area (Å²) in [5, 5.41) is 3.17. The quantitative estimate of drug-likeness (QED) is 0.401. The molecule has 32 heavy (non-hydrogen) atoms. The van der Waals surface area contributed by atoms with Gasteiger partial charge in [-0.2, -0.15) is 0 Å². The van der Waals surface area contributed by atoms with Crippen molar-refractivity contribution >= 4 is 22.7 Å². The summed E-state index contributed by atoms with van der Waals surface area (Å²) in [5.41, 5.74) is 1.75. The van der Waals surface area contributed by atoms with Crippen LogP contribution in [0.15, 0.2) is 65.1 Å². The molecule has 3 aromatic carbocycles. The van der Waals surface area contributed by atoms with Crippen LogP contribution in [0.5, 0.6) is 17.2 Å². The zero-order chi connectivity index (χ0) is 22.8. The van der Waals surface area contributed by atoms with E-state index in [0.29, 0.717) is 50.7 Å². The van der Waals surface area contributed by atoms with Crippen molar-refractivity contribution in [3.8, 4) is 28.6 Å². The summed E-state index contributed by atoms with van der Waals surface area (Å²) in [7, 11) is 3.00. The van der Waals surface area contributed by atoms with Gasteiger partial charge in [-0.3, -0.25) is 9.59 Å². The second kappa shape index (κ2) is 8.55. The molecule has 0 saturated heterocycles. The van der Waals surface area contributed by atoms with Gasteiger partial charge in [-0.05, 0) is 67.6 Å². The third-order valence-electron chi connectivity index (χ3n) is 5.01. The number of ether oxygens (including phenoxy) is 2. The molecule has 0 spiro atoms. The van der Waals surface area contributed by atoms with E-state index >= 15 is 0 Å². The molecule has 0 bridgehead atoms. The van der Waals surface area contributed by atoms with Crippen molar-refractivity contribution in [2.24, 2.45) is 0 Å². The number of carbonyl (C=O) groups is 2. The van der Waals surface area contributed by atoms with E-state index < -0.39 is 0 Å². The van der Waals surface area contributed by atoms with Crippen LogP contribution in [0, 0.1) is 5.82 Å². The molecule has 4 rings (SSSR count). The molecule has 0 aliphatic carbocycles. The van der Waals surface area contributed by atoms with Crippen LogP contribution in [0.4, 0.5) is 4.39 Å². The highest BCUT2D eigenvalue weighted by Crippen LogP contribution is 2.38. The lowest BCUT2D eigenvalue weighted by Crippen LogP contribution is -2.18. The number of nitrogens with one attached hydrogen (secondary N) is 1. The van der Waals surface area contributed by atoms with Crippen LogP contribution in [0.25, 0.3) is 22.3 Å². The fourth-order valence-corrected chi connectivity index (χ4v) is 3.43. The lowest BCUT2D eigenvalue weighted by molar-refractivity contribution is 0.0963. The molecule has 4 aromatic rings. The highest BCUT2D eigenvalue weighted by Gasteiger charge is 2.24. The van der Waals surface area contributed by atoms with E-state index in [4.69, 9.17) is 13.9 Å². The van der Waals surface area contributed by atoms with E-state index in [0.717, 1.165) is 0 Å². The van der Waals surface area contributed by atoms with Crippen LogP contribution in [0.2, 0.25) is 0 Å². The minimum atomic E-state index is -0.344.